The Hall–Kier alpha value is -4.21. The molecular weight excluding hydrogens is 553 g/mol. The molecule has 3 aromatic carbocycles. The molecule has 0 aliphatic rings. The van der Waals surface area contributed by atoms with Gasteiger partial charge >= 0.3 is 0 Å². The van der Waals surface area contributed by atoms with Crippen LogP contribution in [-0.4, -0.2) is 28.0 Å². The van der Waals surface area contributed by atoms with Gasteiger partial charge in [0.05, 0.1) is 10.9 Å². The lowest BCUT2D eigenvalue weighted by Gasteiger charge is -2.13. The zero-order valence-electron chi connectivity index (χ0n) is 23.3. The summed E-state index contributed by atoms with van der Waals surface area (Å²) in [4.78, 5) is 43.9. The van der Waals surface area contributed by atoms with Gasteiger partial charge in [-0.1, -0.05) is 56.3 Å². The first-order valence-corrected chi connectivity index (χ1v) is 14.9. The third-order valence-electron chi connectivity index (χ3n) is 6.09. The Morgan fingerprint density at radius 1 is 0.878 bits per heavy atom. The number of hydrogen-bond acceptors (Lipinski definition) is 6. The molecular formula is C32H32N4O3S2. The molecule has 4 aromatic rings. The average Bonchev–Trinajstić information content (AvgIpc) is 3.38. The number of nitrogens with one attached hydrogen (secondary N) is 3. The summed E-state index contributed by atoms with van der Waals surface area (Å²) in [5.74, 6) is -0.576. The largest absolute Gasteiger partial charge is 0.321 e. The highest BCUT2D eigenvalue weighted by Crippen LogP contribution is 2.26. The second kappa shape index (κ2) is 13.9. The first-order valence-electron chi connectivity index (χ1n) is 13.2. The monoisotopic (exact) mass is 584 g/mol. The number of rotatable bonds is 10. The van der Waals surface area contributed by atoms with Crippen LogP contribution in [0.5, 0.6) is 0 Å². The Morgan fingerprint density at radius 3 is 2.17 bits per heavy atom. The molecule has 3 N–H and O–H groups in total. The Labute approximate surface area is 248 Å². The molecule has 1 unspecified atom stereocenters. The maximum atomic E-state index is 13.3. The van der Waals surface area contributed by atoms with Crippen LogP contribution in [-0.2, 0) is 9.59 Å². The van der Waals surface area contributed by atoms with Crippen LogP contribution in [0.4, 0.5) is 10.8 Å². The van der Waals surface area contributed by atoms with Crippen LogP contribution < -0.4 is 16.0 Å². The Kier molecular flexibility index (Phi) is 10.1. The van der Waals surface area contributed by atoms with Gasteiger partial charge in [-0.15, -0.1) is 23.1 Å². The Bertz CT molecular complexity index is 1530. The van der Waals surface area contributed by atoms with Crippen LogP contribution in [0.1, 0.15) is 53.9 Å². The van der Waals surface area contributed by atoms with Crippen molar-refractivity contribution in [3.8, 4) is 0 Å². The Balaban J connectivity index is 1.45. The molecule has 0 aliphatic carbocycles. The van der Waals surface area contributed by atoms with Gasteiger partial charge in [-0.25, -0.2) is 4.98 Å². The summed E-state index contributed by atoms with van der Waals surface area (Å²) in [5, 5.41) is 10.6. The van der Waals surface area contributed by atoms with Gasteiger partial charge in [0.15, 0.2) is 5.13 Å². The van der Waals surface area contributed by atoms with Crippen molar-refractivity contribution in [2.24, 2.45) is 0 Å². The number of hydrogen-bond donors (Lipinski definition) is 3. The summed E-state index contributed by atoms with van der Waals surface area (Å²) in [7, 11) is 0. The minimum atomic E-state index is -0.450. The van der Waals surface area contributed by atoms with E-state index >= 15 is 0 Å². The van der Waals surface area contributed by atoms with Crippen molar-refractivity contribution in [1.82, 2.24) is 10.3 Å². The summed E-state index contributed by atoms with van der Waals surface area (Å²) in [5.41, 5.74) is 3.97. The predicted molar refractivity (Wildman–Crippen MR) is 168 cm³/mol. The molecule has 0 bridgehead atoms. The van der Waals surface area contributed by atoms with Gasteiger partial charge in [-0.3, -0.25) is 14.4 Å². The van der Waals surface area contributed by atoms with Crippen molar-refractivity contribution >= 4 is 57.7 Å². The normalized spacial score (nSPS) is 12.1. The lowest BCUT2D eigenvalue weighted by Crippen LogP contribution is -2.30. The number of carbonyl (C=O) groups is 3. The Morgan fingerprint density at radius 2 is 1.56 bits per heavy atom. The summed E-state index contributed by atoms with van der Waals surface area (Å²) >= 11 is 2.80. The molecule has 41 heavy (non-hydrogen) atoms. The van der Waals surface area contributed by atoms with E-state index in [0.717, 1.165) is 16.2 Å². The van der Waals surface area contributed by atoms with Crippen LogP contribution in [0.15, 0.2) is 94.8 Å². The van der Waals surface area contributed by atoms with Crippen molar-refractivity contribution in [1.29, 1.82) is 0 Å². The third-order valence-corrected chi connectivity index (χ3v) is 8.07. The highest BCUT2D eigenvalue weighted by atomic mass is 32.2. The number of aryl methyl sites for hydroxylation is 1. The molecule has 0 saturated heterocycles. The second-order valence-electron chi connectivity index (χ2n) is 9.72. The molecule has 0 aliphatic heterocycles. The maximum Gasteiger partial charge on any atom is 0.272 e. The first-order chi connectivity index (χ1) is 19.7. The number of thioether (sulfide) groups is 1. The molecule has 1 heterocycles. The topological polar surface area (TPSA) is 100 Å². The van der Waals surface area contributed by atoms with Gasteiger partial charge < -0.3 is 16.0 Å². The van der Waals surface area contributed by atoms with E-state index in [2.05, 4.69) is 34.8 Å². The molecule has 210 valence electrons. The lowest BCUT2D eigenvalue weighted by atomic mass is 10.0. The van der Waals surface area contributed by atoms with Crippen LogP contribution in [0.2, 0.25) is 0 Å². The maximum absolute atomic E-state index is 13.3. The second-order valence-corrected chi connectivity index (χ2v) is 12.0. The van der Waals surface area contributed by atoms with Gasteiger partial charge in [-0.05, 0) is 73.4 Å². The summed E-state index contributed by atoms with van der Waals surface area (Å²) in [6.07, 6.45) is 1.66. The quantitative estimate of drug-likeness (QED) is 0.136. The molecule has 1 atom stereocenters. The molecule has 0 fully saturated rings. The molecule has 0 radical (unpaired) electrons. The minimum Gasteiger partial charge on any atom is -0.321 e. The highest BCUT2D eigenvalue weighted by Gasteiger charge is 2.17. The fourth-order valence-electron chi connectivity index (χ4n) is 3.78. The predicted octanol–water partition coefficient (Wildman–Crippen LogP) is 7.10. The lowest BCUT2D eigenvalue weighted by molar-refractivity contribution is -0.115. The zero-order chi connectivity index (χ0) is 29.4. The number of aromatic nitrogens is 1. The van der Waals surface area contributed by atoms with Gasteiger partial charge in [0, 0.05) is 21.5 Å². The van der Waals surface area contributed by atoms with Gasteiger partial charge in [-0.2, -0.15) is 0 Å². The molecule has 0 saturated carbocycles. The van der Waals surface area contributed by atoms with Gasteiger partial charge in [0.25, 0.3) is 11.8 Å². The standard InChI is InChI=1S/C32H32N4O3S2/c1-20(2)24-12-10-23(11-13-24)18-28(35-30(38)25-8-6-5-7-9-25)31(39)34-26-14-16-27(17-15-26)41-22(4)29(37)36-32-33-21(3)19-40-32/h5-20,22H,1-4H3,(H,34,39)(H,35,38)(H,33,36,37)/b28-18-. The fraction of sp³-hybridized carbons (Fsp3) is 0.188. The molecule has 4 rings (SSSR count). The van der Waals surface area contributed by atoms with E-state index in [0.29, 0.717) is 22.3 Å². The van der Waals surface area contributed by atoms with Crippen molar-refractivity contribution in [3.05, 3.63) is 112 Å². The molecule has 9 heteroatoms. The number of benzene rings is 3. The average molecular weight is 585 g/mol. The van der Waals surface area contributed by atoms with E-state index in [-0.39, 0.29) is 22.8 Å². The SMILES string of the molecule is Cc1csc(NC(=O)C(C)Sc2ccc(NC(=O)/C(=C/c3ccc(C(C)C)cc3)NC(=O)c3ccccc3)cc2)n1. The number of anilines is 2. The third kappa shape index (κ3) is 8.64. The van der Waals surface area contributed by atoms with Gasteiger partial charge in [0.1, 0.15) is 5.70 Å². The van der Waals surface area contributed by atoms with Crippen LogP contribution in [0.25, 0.3) is 6.08 Å². The highest BCUT2D eigenvalue weighted by molar-refractivity contribution is 8.00. The summed E-state index contributed by atoms with van der Waals surface area (Å²) < 4.78 is 0. The van der Waals surface area contributed by atoms with Gasteiger partial charge in [0.2, 0.25) is 5.91 Å². The summed E-state index contributed by atoms with van der Waals surface area (Å²) in [6, 6.07) is 23.9. The van der Waals surface area contributed by atoms with E-state index < -0.39 is 5.91 Å². The van der Waals surface area contributed by atoms with Crippen LogP contribution in [0, 0.1) is 6.92 Å². The smallest absolute Gasteiger partial charge is 0.272 e. The number of nitrogens with zero attached hydrogens (tertiary/aromatic N) is 1. The fourth-order valence-corrected chi connectivity index (χ4v) is 5.34. The van der Waals surface area contributed by atoms with E-state index in [1.807, 2.05) is 61.7 Å². The molecule has 1 aromatic heterocycles. The minimum absolute atomic E-state index is 0.123. The first kappa shape index (κ1) is 29.8. The van der Waals surface area contributed by atoms with E-state index in [9.17, 15) is 14.4 Å². The van der Waals surface area contributed by atoms with Crippen molar-refractivity contribution in [3.63, 3.8) is 0 Å². The van der Waals surface area contributed by atoms with Crippen LogP contribution >= 0.6 is 23.1 Å². The zero-order valence-corrected chi connectivity index (χ0v) is 24.9. The van der Waals surface area contributed by atoms with E-state index in [4.69, 9.17) is 0 Å². The number of carbonyl (C=O) groups excluding carboxylic acids is 3. The molecule has 7 nitrogen and oxygen atoms in total. The number of amides is 3. The number of thiazole rings is 1. The van der Waals surface area contributed by atoms with E-state index in [1.54, 1.807) is 42.5 Å². The molecule has 3 amide bonds. The van der Waals surface area contributed by atoms with Crippen molar-refractivity contribution < 1.29 is 14.4 Å². The van der Waals surface area contributed by atoms with Crippen LogP contribution in [0.3, 0.4) is 0 Å². The summed E-state index contributed by atoms with van der Waals surface area (Å²) in [6.45, 7) is 7.94. The van der Waals surface area contributed by atoms with E-state index in [1.165, 1.54) is 28.7 Å². The van der Waals surface area contributed by atoms with Crippen molar-refractivity contribution in [2.45, 2.75) is 43.8 Å². The molecule has 0 spiro atoms. The van der Waals surface area contributed by atoms with Crippen molar-refractivity contribution in [2.75, 3.05) is 10.6 Å².